The van der Waals surface area contributed by atoms with Crippen molar-refractivity contribution in [3.8, 4) is 0 Å². The Balaban J connectivity index is 2.33. The summed E-state index contributed by atoms with van der Waals surface area (Å²) in [5.41, 5.74) is 0. The van der Waals surface area contributed by atoms with E-state index in [-0.39, 0.29) is 10.2 Å². The van der Waals surface area contributed by atoms with Crippen LogP contribution < -0.4 is 0 Å². The number of thioether (sulfide) groups is 1. The smallest absolute Gasteiger partial charge is 0.263 e. The largest absolute Gasteiger partial charge is 0.324 e. The molecule has 0 saturated carbocycles. The van der Waals surface area contributed by atoms with Crippen LogP contribution in [0.25, 0.3) is 0 Å². The molecule has 1 aliphatic heterocycles. The van der Waals surface area contributed by atoms with Crippen molar-refractivity contribution in [3.63, 3.8) is 0 Å². The Morgan fingerprint density at radius 2 is 2.29 bits per heavy atom. The maximum atomic E-state index is 12.3. The van der Waals surface area contributed by atoms with E-state index < -0.39 is 10.0 Å². The second-order valence-corrected chi connectivity index (χ2v) is 7.75. The van der Waals surface area contributed by atoms with Crippen LogP contribution in [-0.2, 0) is 17.1 Å². The molecule has 5 nitrogen and oxygen atoms in total. The SMILES string of the molecule is CC1CN(S(=O)(=O)c2ncn(C)c2Cl)CCS1. The first kappa shape index (κ1) is 13.2. The molecule has 2 heterocycles. The molecular weight excluding hydrogens is 282 g/mol. The molecule has 0 spiro atoms. The summed E-state index contributed by atoms with van der Waals surface area (Å²) < 4.78 is 27.6. The summed E-state index contributed by atoms with van der Waals surface area (Å²) in [5, 5.41) is 0.428. The van der Waals surface area contributed by atoms with E-state index in [1.54, 1.807) is 18.8 Å². The molecule has 96 valence electrons. The van der Waals surface area contributed by atoms with Crippen LogP contribution in [0, 0.1) is 0 Å². The van der Waals surface area contributed by atoms with Gasteiger partial charge < -0.3 is 4.57 Å². The summed E-state index contributed by atoms with van der Waals surface area (Å²) >= 11 is 7.72. The van der Waals surface area contributed by atoms with Crippen LogP contribution in [0.1, 0.15) is 6.92 Å². The first-order valence-corrected chi connectivity index (χ1v) is 8.08. The maximum absolute atomic E-state index is 12.3. The number of hydrogen-bond acceptors (Lipinski definition) is 4. The third kappa shape index (κ3) is 2.47. The van der Waals surface area contributed by atoms with Crippen molar-refractivity contribution in [1.29, 1.82) is 0 Å². The molecule has 1 atom stereocenters. The number of nitrogens with zero attached hydrogens (tertiary/aromatic N) is 3. The number of rotatable bonds is 2. The second-order valence-electron chi connectivity index (χ2n) is 4.00. The number of sulfonamides is 1. The van der Waals surface area contributed by atoms with E-state index in [2.05, 4.69) is 4.98 Å². The van der Waals surface area contributed by atoms with Gasteiger partial charge in [-0.3, -0.25) is 0 Å². The van der Waals surface area contributed by atoms with Crippen molar-refractivity contribution in [2.45, 2.75) is 17.2 Å². The number of halogens is 1. The summed E-state index contributed by atoms with van der Waals surface area (Å²) in [6, 6.07) is 0. The molecule has 1 unspecified atom stereocenters. The predicted octanol–water partition coefficient (Wildman–Crippen LogP) is 1.20. The minimum atomic E-state index is -3.55. The normalized spacial score (nSPS) is 22.9. The van der Waals surface area contributed by atoms with Gasteiger partial charge in [0.25, 0.3) is 10.0 Å². The van der Waals surface area contributed by atoms with E-state index in [0.717, 1.165) is 5.75 Å². The van der Waals surface area contributed by atoms with E-state index in [1.165, 1.54) is 15.2 Å². The maximum Gasteiger partial charge on any atom is 0.263 e. The minimum Gasteiger partial charge on any atom is -0.324 e. The van der Waals surface area contributed by atoms with Gasteiger partial charge in [-0.15, -0.1) is 0 Å². The molecule has 0 aromatic carbocycles. The molecule has 0 amide bonds. The Bertz CT molecular complexity index is 514. The van der Waals surface area contributed by atoms with Crippen molar-refractivity contribution >= 4 is 33.4 Å². The summed E-state index contributed by atoms with van der Waals surface area (Å²) in [5.74, 6) is 0.810. The lowest BCUT2D eigenvalue weighted by molar-refractivity contribution is 0.422. The Kier molecular flexibility index (Phi) is 3.72. The van der Waals surface area contributed by atoms with Crippen LogP contribution in [-0.4, -0.2) is 46.4 Å². The average molecular weight is 296 g/mol. The molecule has 17 heavy (non-hydrogen) atoms. The summed E-state index contributed by atoms with van der Waals surface area (Å²) in [6.45, 7) is 3.05. The lowest BCUT2D eigenvalue weighted by Gasteiger charge is -2.29. The lowest BCUT2D eigenvalue weighted by atomic mass is 10.4. The zero-order valence-electron chi connectivity index (χ0n) is 9.63. The minimum absolute atomic E-state index is 0.0410. The van der Waals surface area contributed by atoms with E-state index >= 15 is 0 Å². The topological polar surface area (TPSA) is 55.2 Å². The molecule has 2 rings (SSSR count). The van der Waals surface area contributed by atoms with E-state index in [4.69, 9.17) is 11.6 Å². The van der Waals surface area contributed by atoms with Crippen molar-refractivity contribution in [2.75, 3.05) is 18.8 Å². The van der Waals surface area contributed by atoms with Gasteiger partial charge in [-0.1, -0.05) is 18.5 Å². The average Bonchev–Trinajstić information content (AvgIpc) is 2.60. The van der Waals surface area contributed by atoms with Crippen molar-refractivity contribution in [1.82, 2.24) is 13.9 Å². The fourth-order valence-electron chi connectivity index (χ4n) is 1.69. The number of aromatic nitrogens is 2. The molecule has 1 aliphatic rings. The predicted molar refractivity (Wildman–Crippen MR) is 68.9 cm³/mol. The highest BCUT2D eigenvalue weighted by Crippen LogP contribution is 2.26. The van der Waals surface area contributed by atoms with Crippen molar-refractivity contribution in [2.24, 2.45) is 7.05 Å². The molecule has 1 aromatic rings. The quantitative estimate of drug-likeness (QED) is 0.823. The van der Waals surface area contributed by atoms with Crippen LogP contribution >= 0.6 is 23.4 Å². The van der Waals surface area contributed by atoms with Crippen LogP contribution in [0.15, 0.2) is 11.4 Å². The summed E-state index contributed by atoms with van der Waals surface area (Å²) in [6.07, 6.45) is 1.41. The first-order valence-electron chi connectivity index (χ1n) is 5.21. The van der Waals surface area contributed by atoms with Crippen molar-refractivity contribution in [3.05, 3.63) is 11.5 Å². The van der Waals surface area contributed by atoms with E-state index in [9.17, 15) is 8.42 Å². The fraction of sp³-hybridized carbons (Fsp3) is 0.667. The Hall–Kier alpha value is -0.240. The molecular formula is C9H14ClN3O2S2. The molecule has 1 fully saturated rings. The highest BCUT2D eigenvalue weighted by Gasteiger charge is 2.32. The highest BCUT2D eigenvalue weighted by molar-refractivity contribution is 8.00. The third-order valence-electron chi connectivity index (χ3n) is 2.62. The Morgan fingerprint density at radius 3 is 2.82 bits per heavy atom. The van der Waals surface area contributed by atoms with E-state index in [1.807, 2.05) is 6.92 Å². The van der Waals surface area contributed by atoms with Crippen LogP contribution in [0.2, 0.25) is 5.15 Å². The van der Waals surface area contributed by atoms with Gasteiger partial charge in [-0.2, -0.15) is 16.1 Å². The molecule has 1 saturated heterocycles. The second kappa shape index (κ2) is 4.79. The van der Waals surface area contributed by atoms with Crippen LogP contribution in [0.4, 0.5) is 0 Å². The zero-order valence-corrected chi connectivity index (χ0v) is 12.0. The summed E-state index contributed by atoms with van der Waals surface area (Å²) in [4.78, 5) is 3.88. The van der Waals surface area contributed by atoms with Gasteiger partial charge in [0.15, 0.2) is 0 Å². The standard InChI is InChI=1S/C9H14ClN3O2S2/c1-7-5-13(3-4-16-7)17(14,15)9-8(10)12(2)6-11-9/h6-7H,3-5H2,1-2H3. The fourth-order valence-corrected chi connectivity index (χ4v) is 4.84. The van der Waals surface area contributed by atoms with Gasteiger partial charge >= 0.3 is 0 Å². The number of aryl methyl sites for hydroxylation is 1. The van der Waals surface area contributed by atoms with Crippen LogP contribution in [0.3, 0.4) is 0 Å². The van der Waals surface area contributed by atoms with Gasteiger partial charge in [0.1, 0.15) is 5.15 Å². The Labute approximate surface area is 110 Å². The molecule has 0 aliphatic carbocycles. The van der Waals surface area contributed by atoms with Gasteiger partial charge in [0.05, 0.1) is 6.33 Å². The van der Waals surface area contributed by atoms with Gasteiger partial charge in [0.2, 0.25) is 5.03 Å². The van der Waals surface area contributed by atoms with Crippen LogP contribution in [0.5, 0.6) is 0 Å². The number of hydrogen-bond donors (Lipinski definition) is 0. The van der Waals surface area contributed by atoms with Gasteiger partial charge in [-0.05, 0) is 0 Å². The van der Waals surface area contributed by atoms with Gasteiger partial charge in [0, 0.05) is 31.1 Å². The number of imidazole rings is 1. The molecule has 8 heteroatoms. The third-order valence-corrected chi connectivity index (χ3v) is 6.12. The summed E-state index contributed by atoms with van der Waals surface area (Å²) in [7, 11) is -1.88. The first-order chi connectivity index (χ1) is 7.93. The molecule has 1 aromatic heterocycles. The molecule has 0 N–H and O–H groups in total. The van der Waals surface area contributed by atoms with E-state index in [0.29, 0.717) is 18.3 Å². The monoisotopic (exact) mass is 295 g/mol. The van der Waals surface area contributed by atoms with Crippen molar-refractivity contribution < 1.29 is 8.42 Å². The molecule has 0 radical (unpaired) electrons. The lowest BCUT2D eigenvalue weighted by Crippen LogP contribution is -2.41. The highest BCUT2D eigenvalue weighted by atomic mass is 35.5. The zero-order chi connectivity index (χ0) is 12.6. The Morgan fingerprint density at radius 1 is 1.59 bits per heavy atom. The van der Waals surface area contributed by atoms with Gasteiger partial charge in [-0.25, -0.2) is 13.4 Å². The molecule has 0 bridgehead atoms.